The predicted molar refractivity (Wildman–Crippen MR) is 335 cm³/mol. The maximum absolute atomic E-state index is 14.7. The Hall–Kier alpha value is -3.07. The third kappa shape index (κ3) is 35.4. The van der Waals surface area contributed by atoms with Crippen molar-refractivity contribution in [2.45, 2.75) is 361 Å². The van der Waals surface area contributed by atoms with Crippen molar-refractivity contribution in [2.75, 3.05) is 33.9 Å². The quantitative estimate of drug-likeness (QED) is 0.0346. The standard InChI is InChI=1S/C68H125N3O11/c1-9-15-21-27-33-39-45-57(46-40-34-28-22-16-10-2)79-62(73)54-71-61(72)51-52-70(68(71)76)67-66(78-56-64(75)81-59(49-43-37-31-25-19-13-5)50-44-38-32-26-20-14-6)65(60(82-67)53-69(7)8)77-55-63(74)80-58(47-41-35-29-23-17-11-3)48-42-36-30-24-18-12-4/h51-52,57-60,65-67H,9-50,53-56H2,1-8H3/t60-,65-,66-,67-/m1/s1. The largest absolute Gasteiger partial charge is 0.461 e. The molecule has 14 nitrogen and oxygen atoms in total. The van der Waals surface area contributed by atoms with Crippen LogP contribution in [0.2, 0.25) is 0 Å². The summed E-state index contributed by atoms with van der Waals surface area (Å²) in [6.45, 7) is 12.2. The summed E-state index contributed by atoms with van der Waals surface area (Å²) >= 11 is 0. The number of nitrogens with zero attached hydrogens (tertiary/aromatic N) is 3. The summed E-state index contributed by atoms with van der Waals surface area (Å²) in [6, 6.07) is 1.24. The maximum Gasteiger partial charge on any atom is 0.333 e. The predicted octanol–water partition coefficient (Wildman–Crippen LogP) is 16.5. The van der Waals surface area contributed by atoms with Crippen molar-refractivity contribution in [1.82, 2.24) is 14.0 Å². The van der Waals surface area contributed by atoms with Gasteiger partial charge in [-0.2, -0.15) is 0 Å². The molecule has 0 amide bonds. The van der Waals surface area contributed by atoms with Crippen LogP contribution in [0.15, 0.2) is 21.9 Å². The average Bonchev–Trinajstić information content (AvgIpc) is 3.84. The molecule has 1 aromatic heterocycles. The van der Waals surface area contributed by atoms with E-state index in [0.29, 0.717) is 6.54 Å². The zero-order valence-corrected chi connectivity index (χ0v) is 54.1. The van der Waals surface area contributed by atoms with Crippen LogP contribution in [0.5, 0.6) is 0 Å². The molecule has 0 N–H and O–H groups in total. The molecule has 1 aliphatic heterocycles. The monoisotopic (exact) mass is 1160 g/mol. The molecule has 2 heterocycles. The number of carbonyl (C=O) groups is 3. The van der Waals surface area contributed by atoms with Gasteiger partial charge in [-0.05, 0) is 91.1 Å². The molecular formula is C68H125N3O11. The van der Waals surface area contributed by atoms with Gasteiger partial charge in [0.1, 0.15) is 56.4 Å². The summed E-state index contributed by atoms with van der Waals surface area (Å²) in [6.07, 6.45) is 42.0. The Kier molecular flexibility index (Phi) is 45.9. The first kappa shape index (κ1) is 75.0. The van der Waals surface area contributed by atoms with Gasteiger partial charge in [-0.1, -0.05) is 234 Å². The summed E-state index contributed by atoms with van der Waals surface area (Å²) in [5, 5.41) is 0. The van der Waals surface area contributed by atoms with E-state index in [4.69, 9.17) is 28.4 Å². The van der Waals surface area contributed by atoms with E-state index in [1.165, 1.54) is 145 Å². The molecule has 82 heavy (non-hydrogen) atoms. The molecule has 0 radical (unpaired) electrons. The molecule has 478 valence electrons. The van der Waals surface area contributed by atoms with E-state index in [9.17, 15) is 24.0 Å². The smallest absolute Gasteiger partial charge is 0.333 e. The molecule has 1 aromatic rings. The molecule has 0 spiro atoms. The van der Waals surface area contributed by atoms with Crippen LogP contribution < -0.4 is 11.2 Å². The van der Waals surface area contributed by atoms with E-state index in [-0.39, 0.29) is 18.3 Å². The Morgan fingerprint density at radius 1 is 0.451 bits per heavy atom. The molecule has 4 atom stereocenters. The zero-order valence-electron chi connectivity index (χ0n) is 54.1. The van der Waals surface area contributed by atoms with Gasteiger partial charge >= 0.3 is 23.6 Å². The number of hydrogen-bond donors (Lipinski definition) is 0. The fraction of sp³-hybridized carbons (Fsp3) is 0.897. The minimum atomic E-state index is -1.21. The Labute approximate surface area is 500 Å². The summed E-state index contributed by atoms with van der Waals surface area (Å²) in [4.78, 5) is 72.1. The highest BCUT2D eigenvalue weighted by atomic mass is 16.6. The van der Waals surface area contributed by atoms with Crippen LogP contribution in [-0.4, -0.2) is 102 Å². The van der Waals surface area contributed by atoms with Crippen LogP contribution in [0.3, 0.4) is 0 Å². The van der Waals surface area contributed by atoms with E-state index in [1.807, 2.05) is 19.0 Å². The van der Waals surface area contributed by atoms with E-state index >= 15 is 0 Å². The van der Waals surface area contributed by atoms with Crippen molar-refractivity contribution < 1.29 is 42.8 Å². The Morgan fingerprint density at radius 3 is 1.09 bits per heavy atom. The Balaban J connectivity index is 2.49. The number of ether oxygens (including phenoxy) is 6. The van der Waals surface area contributed by atoms with E-state index in [0.717, 1.165) is 146 Å². The van der Waals surface area contributed by atoms with Crippen LogP contribution >= 0.6 is 0 Å². The Morgan fingerprint density at radius 2 is 0.756 bits per heavy atom. The van der Waals surface area contributed by atoms with Crippen molar-refractivity contribution >= 4 is 17.9 Å². The fourth-order valence-corrected chi connectivity index (χ4v) is 11.5. The Bertz CT molecular complexity index is 1790. The lowest BCUT2D eigenvalue weighted by Gasteiger charge is -2.27. The molecule has 1 saturated heterocycles. The molecule has 0 unspecified atom stereocenters. The summed E-state index contributed by atoms with van der Waals surface area (Å²) < 4.78 is 40.5. The fourth-order valence-electron chi connectivity index (χ4n) is 11.5. The number of rotatable bonds is 56. The van der Waals surface area contributed by atoms with Gasteiger partial charge in [0.05, 0.1) is 0 Å². The first-order valence-electron chi connectivity index (χ1n) is 34.4. The molecule has 1 fully saturated rings. The van der Waals surface area contributed by atoms with Crippen LogP contribution in [0.1, 0.15) is 317 Å². The zero-order chi connectivity index (χ0) is 59.8. The first-order valence-corrected chi connectivity index (χ1v) is 34.4. The van der Waals surface area contributed by atoms with Crippen molar-refractivity contribution in [2.24, 2.45) is 0 Å². The van der Waals surface area contributed by atoms with Gasteiger partial charge in [-0.25, -0.2) is 19.0 Å². The molecule has 0 bridgehead atoms. The summed E-state index contributed by atoms with van der Waals surface area (Å²) in [5.41, 5.74) is -1.44. The number of unbranched alkanes of at least 4 members (excludes halogenated alkanes) is 30. The lowest BCUT2D eigenvalue weighted by atomic mass is 10.0. The van der Waals surface area contributed by atoms with E-state index in [2.05, 4.69) is 41.5 Å². The van der Waals surface area contributed by atoms with Gasteiger partial charge < -0.3 is 33.3 Å². The maximum atomic E-state index is 14.7. The summed E-state index contributed by atoms with van der Waals surface area (Å²) in [7, 11) is 3.78. The molecule has 0 aliphatic carbocycles. The van der Waals surface area contributed by atoms with Crippen LogP contribution in [0, 0.1) is 0 Å². The van der Waals surface area contributed by atoms with E-state index < -0.39 is 73.5 Å². The first-order chi connectivity index (χ1) is 39.9. The molecule has 0 aromatic carbocycles. The van der Waals surface area contributed by atoms with Crippen molar-refractivity contribution in [3.8, 4) is 0 Å². The van der Waals surface area contributed by atoms with Gasteiger partial charge in [0.2, 0.25) is 0 Å². The number of carbonyl (C=O) groups excluding carboxylic acids is 3. The lowest BCUT2D eigenvalue weighted by molar-refractivity contribution is -0.168. The third-order valence-corrected chi connectivity index (χ3v) is 16.4. The second-order valence-electron chi connectivity index (χ2n) is 24.5. The minimum absolute atomic E-state index is 0.228. The SMILES string of the molecule is CCCCCCCCC(CCCCCCCC)OC(=O)CO[C@@H]1[C@H](OCC(=O)OC(CCCCCCCC)CCCCCCCC)[C@@H](CN(C)C)O[C@H]1n1ccc(=O)n(CC(=O)OC(CCCCCCCC)CCCCCCCC)c1=O. The van der Waals surface area contributed by atoms with Gasteiger partial charge in [-0.15, -0.1) is 0 Å². The molecule has 1 aliphatic rings. The topological polar surface area (TPSA) is 154 Å². The average molecular weight is 1160 g/mol. The second kappa shape index (κ2) is 50.1. The molecule has 14 heteroatoms. The highest BCUT2D eigenvalue weighted by molar-refractivity contribution is 5.71. The lowest BCUT2D eigenvalue weighted by Crippen LogP contribution is -2.46. The minimum Gasteiger partial charge on any atom is -0.461 e. The van der Waals surface area contributed by atoms with Crippen molar-refractivity contribution in [3.05, 3.63) is 33.1 Å². The molecule has 0 saturated carbocycles. The number of esters is 3. The summed E-state index contributed by atoms with van der Waals surface area (Å²) in [5.74, 6) is -1.66. The van der Waals surface area contributed by atoms with Gasteiger partial charge in [0.25, 0.3) is 5.56 Å². The van der Waals surface area contributed by atoms with Crippen LogP contribution in [0.25, 0.3) is 0 Å². The van der Waals surface area contributed by atoms with Gasteiger partial charge in [0.15, 0.2) is 6.23 Å². The van der Waals surface area contributed by atoms with Crippen molar-refractivity contribution in [1.29, 1.82) is 0 Å². The van der Waals surface area contributed by atoms with Gasteiger partial charge in [0, 0.05) is 18.8 Å². The second-order valence-corrected chi connectivity index (χ2v) is 24.5. The number of hydrogen-bond acceptors (Lipinski definition) is 12. The van der Waals surface area contributed by atoms with Crippen molar-refractivity contribution in [3.63, 3.8) is 0 Å². The highest BCUT2D eigenvalue weighted by Gasteiger charge is 2.49. The highest BCUT2D eigenvalue weighted by Crippen LogP contribution is 2.34. The number of likely N-dealkylation sites (N-methyl/N-ethyl adjacent to an activating group) is 1. The molecular weight excluding hydrogens is 1030 g/mol. The van der Waals surface area contributed by atoms with E-state index in [1.54, 1.807) is 0 Å². The third-order valence-electron chi connectivity index (χ3n) is 16.4. The number of aromatic nitrogens is 2. The van der Waals surface area contributed by atoms with Crippen LogP contribution in [0.4, 0.5) is 0 Å². The normalized spacial score (nSPS) is 16.3. The molecule has 2 rings (SSSR count). The van der Waals surface area contributed by atoms with Gasteiger partial charge in [-0.3, -0.25) is 14.2 Å². The van der Waals surface area contributed by atoms with Crippen LogP contribution in [-0.2, 0) is 49.3 Å².